The highest BCUT2D eigenvalue weighted by Gasteiger charge is 2.10. The van der Waals surface area contributed by atoms with Gasteiger partial charge in [-0.3, -0.25) is 31.3 Å². The van der Waals surface area contributed by atoms with Crippen molar-refractivity contribution < 1.29 is 33.3 Å². The molecule has 0 radical (unpaired) electrons. The number of hydrazine groups is 1. The van der Waals surface area contributed by atoms with E-state index in [0.717, 1.165) is 5.69 Å². The van der Waals surface area contributed by atoms with Crippen molar-refractivity contribution in [1.82, 2.24) is 15.1 Å². The van der Waals surface area contributed by atoms with Crippen LogP contribution >= 0.6 is 0 Å². The van der Waals surface area contributed by atoms with Gasteiger partial charge in [-0.15, -0.1) is 0 Å². The predicted molar refractivity (Wildman–Crippen MR) is 111 cm³/mol. The molecular weight excluding hydrogens is 398 g/mol. The molecule has 12 heteroatoms. The molecule has 0 atom stereocenters. The summed E-state index contributed by atoms with van der Waals surface area (Å²) in [6.07, 6.45) is 1.15. The Hall–Kier alpha value is -2.38. The van der Waals surface area contributed by atoms with Gasteiger partial charge in [0, 0.05) is 19.9 Å². The van der Waals surface area contributed by atoms with Gasteiger partial charge in [0.1, 0.15) is 17.8 Å². The number of esters is 2. The highest BCUT2D eigenvalue weighted by atomic mass is 16.7. The Morgan fingerprint density at radius 3 is 1.87 bits per heavy atom. The number of Topliss-reactive ketones (excluding diaryl/α,β-unsaturated/α-hetero) is 1. The average molecular weight is 436 g/mol. The van der Waals surface area contributed by atoms with Gasteiger partial charge in [0.2, 0.25) is 6.41 Å². The number of nitrogens with zero attached hydrogens (tertiary/aromatic N) is 2. The molecule has 0 saturated carbocycles. The van der Waals surface area contributed by atoms with E-state index in [1.165, 1.54) is 13.1 Å². The molecule has 0 aliphatic carbocycles. The lowest BCUT2D eigenvalue weighted by atomic mass is 10.3. The maximum Gasteiger partial charge on any atom is 0.341 e. The third kappa shape index (κ3) is 17.7. The van der Waals surface area contributed by atoms with Crippen LogP contribution in [0.15, 0.2) is 6.20 Å². The highest BCUT2D eigenvalue weighted by Crippen LogP contribution is 2.03. The number of hydrogen-bond donors (Lipinski definition) is 3. The molecule has 0 aromatic carbocycles. The van der Waals surface area contributed by atoms with E-state index in [1.54, 1.807) is 35.0 Å². The fourth-order valence-corrected chi connectivity index (χ4v) is 1.70. The Kier molecular flexibility index (Phi) is 23.0. The first-order valence-corrected chi connectivity index (χ1v) is 9.01. The summed E-state index contributed by atoms with van der Waals surface area (Å²) >= 11 is 0. The molecule has 0 amide bonds. The van der Waals surface area contributed by atoms with Gasteiger partial charge in [0.05, 0.1) is 19.4 Å². The number of rotatable bonds is 8. The van der Waals surface area contributed by atoms with E-state index in [9.17, 15) is 14.4 Å². The number of carbonyl (C=O) groups is 3. The summed E-state index contributed by atoms with van der Waals surface area (Å²) in [6.45, 7) is 7.34. The second kappa shape index (κ2) is 21.3. The Morgan fingerprint density at radius 2 is 1.60 bits per heavy atom. The molecule has 5 N–H and O–H groups in total. The Balaban J connectivity index is -0.000000355. The number of ether oxygens (including phenoxy) is 4. The minimum atomic E-state index is -0.440. The van der Waals surface area contributed by atoms with Crippen LogP contribution < -0.4 is 11.7 Å². The van der Waals surface area contributed by atoms with Crippen molar-refractivity contribution in [3.63, 3.8) is 0 Å². The summed E-state index contributed by atoms with van der Waals surface area (Å²) in [5, 5.41) is 6.36. The van der Waals surface area contributed by atoms with Gasteiger partial charge in [-0.2, -0.15) is 5.10 Å². The molecule has 12 nitrogen and oxygen atoms in total. The lowest BCUT2D eigenvalue weighted by molar-refractivity contribution is -0.179. The minimum absolute atomic E-state index is 0.103. The summed E-state index contributed by atoms with van der Waals surface area (Å²) in [6, 6.07) is 0. The molecule has 0 unspecified atom stereocenters. The van der Waals surface area contributed by atoms with Crippen molar-refractivity contribution in [2.45, 2.75) is 40.5 Å². The first-order chi connectivity index (χ1) is 14.1. The van der Waals surface area contributed by atoms with Gasteiger partial charge in [-0.25, -0.2) is 4.79 Å². The van der Waals surface area contributed by atoms with Gasteiger partial charge in [0.25, 0.3) is 0 Å². The number of nitrogens with two attached hydrogens (primary N) is 2. The highest BCUT2D eigenvalue weighted by molar-refractivity contribution is 5.94. The summed E-state index contributed by atoms with van der Waals surface area (Å²) in [5.41, 5.74) is 1.25. The lowest BCUT2D eigenvalue weighted by Crippen LogP contribution is -2.30. The summed E-state index contributed by atoms with van der Waals surface area (Å²) in [4.78, 5) is 33.5. The van der Waals surface area contributed by atoms with E-state index in [2.05, 4.69) is 26.6 Å². The smallest absolute Gasteiger partial charge is 0.341 e. The molecule has 1 rings (SSSR count). The van der Waals surface area contributed by atoms with Gasteiger partial charge < -0.3 is 18.9 Å². The quantitative estimate of drug-likeness (QED) is 0.169. The summed E-state index contributed by atoms with van der Waals surface area (Å²) < 4.78 is 19.0. The summed E-state index contributed by atoms with van der Waals surface area (Å²) in [5.74, 6) is 7.08. The summed E-state index contributed by atoms with van der Waals surface area (Å²) in [7, 11) is 6.98. The molecule has 0 fully saturated rings. The van der Waals surface area contributed by atoms with Crippen molar-refractivity contribution in [1.29, 1.82) is 0 Å². The number of H-pyrrole nitrogens is 1. The van der Waals surface area contributed by atoms with Crippen LogP contribution in [-0.2, 0) is 28.5 Å². The zero-order valence-electron chi connectivity index (χ0n) is 19.2. The van der Waals surface area contributed by atoms with Crippen molar-refractivity contribution in [2.24, 2.45) is 11.7 Å². The van der Waals surface area contributed by atoms with Gasteiger partial charge in [-0.1, -0.05) is 0 Å². The molecule has 1 heterocycles. The molecule has 0 aliphatic rings. The zero-order chi connectivity index (χ0) is 24.1. The number of aromatic amines is 1. The van der Waals surface area contributed by atoms with Crippen molar-refractivity contribution >= 4 is 17.7 Å². The van der Waals surface area contributed by atoms with E-state index in [4.69, 9.17) is 14.2 Å². The molecule has 1 aromatic heterocycles. The first-order valence-electron chi connectivity index (χ1n) is 9.01. The maximum absolute atomic E-state index is 11.0. The first kappa shape index (κ1) is 32.3. The monoisotopic (exact) mass is 435 g/mol. The van der Waals surface area contributed by atoms with E-state index < -0.39 is 5.97 Å². The van der Waals surface area contributed by atoms with E-state index in [-0.39, 0.29) is 24.6 Å². The van der Waals surface area contributed by atoms with Crippen molar-refractivity contribution in [3.8, 4) is 0 Å². The van der Waals surface area contributed by atoms with Gasteiger partial charge in [0.15, 0.2) is 0 Å². The molecule has 176 valence electrons. The van der Waals surface area contributed by atoms with E-state index in [1.807, 2.05) is 19.0 Å². The Bertz CT molecular complexity index is 575. The fraction of sp³-hybridized carbons (Fsp3) is 0.667. The number of ketones is 1. The van der Waals surface area contributed by atoms with Crippen molar-refractivity contribution in [2.75, 3.05) is 41.5 Å². The number of hydrogen-bond acceptors (Lipinski definition) is 11. The molecule has 1 aromatic rings. The number of aryl methyl sites for hydroxylation is 1. The molecule has 0 aliphatic heterocycles. The molecule has 0 bridgehead atoms. The molecular formula is C18H37N5O7. The number of carbonyl (C=O) groups excluding carboxylic acids is 3. The van der Waals surface area contributed by atoms with Crippen LogP contribution in [0.5, 0.6) is 0 Å². The molecule has 0 spiro atoms. The lowest BCUT2D eigenvalue weighted by Gasteiger charge is -2.19. The second-order valence-corrected chi connectivity index (χ2v) is 5.56. The number of aromatic nitrogens is 2. The van der Waals surface area contributed by atoms with Crippen LogP contribution in [0.2, 0.25) is 0 Å². The third-order valence-electron chi connectivity index (χ3n) is 2.85. The number of methoxy groups -OCH3 is 2. The second-order valence-electron chi connectivity index (χ2n) is 5.56. The van der Waals surface area contributed by atoms with Crippen LogP contribution in [-0.4, -0.2) is 80.8 Å². The van der Waals surface area contributed by atoms with Gasteiger partial charge >= 0.3 is 11.9 Å². The largest absolute Gasteiger partial charge is 0.466 e. The zero-order valence-corrected chi connectivity index (χ0v) is 19.2. The fourth-order valence-electron chi connectivity index (χ4n) is 1.70. The Labute approximate surface area is 178 Å². The van der Waals surface area contributed by atoms with Crippen LogP contribution in [0.3, 0.4) is 0 Å². The minimum Gasteiger partial charge on any atom is -0.466 e. The van der Waals surface area contributed by atoms with Crippen LogP contribution in [0.1, 0.15) is 43.2 Å². The van der Waals surface area contributed by atoms with Gasteiger partial charge in [-0.05, 0) is 41.8 Å². The van der Waals surface area contributed by atoms with Crippen LogP contribution in [0.4, 0.5) is 0 Å². The molecule has 0 saturated heterocycles. The Morgan fingerprint density at radius 1 is 1.10 bits per heavy atom. The normalized spacial score (nSPS) is 9.33. The standard InChI is InChI=1S/C7H10N2O2.C6H10O3.C5H13NO2.H4N2/c1-3-11-7(10)6-4-8-9-5(6)2;1-3-9-6(8)4-5(2)7;1-6(2)5(7-3)8-4;1-2/h4H,3H2,1-2H3,(H,8,9);3-4H2,1-2H3;5H,1-4H3;1-2H2. The van der Waals surface area contributed by atoms with Crippen LogP contribution in [0.25, 0.3) is 0 Å². The van der Waals surface area contributed by atoms with E-state index >= 15 is 0 Å². The van der Waals surface area contributed by atoms with E-state index in [0.29, 0.717) is 18.8 Å². The number of nitrogens with one attached hydrogen (secondary N) is 1. The predicted octanol–water partition coefficient (Wildman–Crippen LogP) is 0.367. The SMILES string of the molecule is CCOC(=O)CC(C)=O.CCOC(=O)c1cn[nH]c1C.COC(OC)N(C)C.NN. The van der Waals surface area contributed by atoms with Crippen LogP contribution in [0, 0.1) is 6.92 Å². The average Bonchev–Trinajstić information content (AvgIpc) is 3.11. The third-order valence-corrected chi connectivity index (χ3v) is 2.85. The topological polar surface area (TPSA) is 172 Å². The van der Waals surface area contributed by atoms with Crippen molar-refractivity contribution in [3.05, 3.63) is 17.5 Å². The molecule has 30 heavy (non-hydrogen) atoms. The maximum atomic E-state index is 11.0.